The number of carbonyl (C=O) groups excluding carboxylic acids is 1. The van der Waals surface area contributed by atoms with E-state index in [-0.39, 0.29) is 11.8 Å². The number of urea groups is 1. The van der Waals surface area contributed by atoms with Crippen LogP contribution in [0.4, 0.5) is 4.79 Å². The van der Waals surface area contributed by atoms with Crippen molar-refractivity contribution >= 4 is 21.8 Å². The number of likely N-dealkylation sites (tertiary alicyclic amines) is 1. The van der Waals surface area contributed by atoms with Crippen molar-refractivity contribution in [2.24, 2.45) is 5.92 Å². The summed E-state index contributed by atoms with van der Waals surface area (Å²) in [6.07, 6.45) is 1.85. The van der Waals surface area contributed by atoms with E-state index < -0.39 is 33.8 Å². The third-order valence-corrected chi connectivity index (χ3v) is 4.97. The van der Waals surface area contributed by atoms with E-state index in [0.29, 0.717) is 13.0 Å². The average molecular weight is 288 g/mol. The maximum Gasteiger partial charge on any atom is 0.318 e. The number of hydrogen-bond acceptors (Lipinski definition) is 4. The maximum absolute atomic E-state index is 12.0. The number of nitrogens with zero attached hydrogens (tertiary/aromatic N) is 1. The molecule has 3 unspecified atom stereocenters. The molecule has 0 aromatic heterocycles. The van der Waals surface area contributed by atoms with E-state index in [1.807, 2.05) is 0 Å². The van der Waals surface area contributed by atoms with Crippen LogP contribution in [-0.2, 0) is 14.6 Å². The molecule has 8 heteroatoms. The van der Waals surface area contributed by atoms with Gasteiger partial charge in [0.1, 0.15) is 0 Å². The normalized spacial score (nSPS) is 32.5. The quantitative estimate of drug-likeness (QED) is 0.732. The Labute approximate surface area is 111 Å². The number of sulfone groups is 1. The van der Waals surface area contributed by atoms with Crippen LogP contribution in [0.5, 0.6) is 0 Å². The van der Waals surface area contributed by atoms with E-state index >= 15 is 0 Å². The van der Waals surface area contributed by atoms with Crippen LogP contribution in [0.3, 0.4) is 0 Å². The van der Waals surface area contributed by atoms with Crippen molar-refractivity contribution in [2.45, 2.75) is 25.4 Å². The Morgan fingerprint density at radius 2 is 2.11 bits per heavy atom. The van der Waals surface area contributed by atoms with Crippen LogP contribution in [0.1, 0.15) is 13.3 Å². The fraction of sp³-hybridized carbons (Fsp3) is 0.636. The van der Waals surface area contributed by atoms with Crippen LogP contribution in [0.25, 0.3) is 0 Å². The van der Waals surface area contributed by atoms with Crippen LogP contribution < -0.4 is 5.32 Å². The van der Waals surface area contributed by atoms with E-state index in [9.17, 15) is 18.0 Å². The summed E-state index contributed by atoms with van der Waals surface area (Å²) in [6.45, 7) is 2.06. The smallest absolute Gasteiger partial charge is 0.318 e. The molecule has 1 fully saturated rings. The highest BCUT2D eigenvalue weighted by atomic mass is 32.2. The summed E-state index contributed by atoms with van der Waals surface area (Å²) < 4.78 is 22.4. The summed E-state index contributed by atoms with van der Waals surface area (Å²) in [5.41, 5.74) is 0. The Morgan fingerprint density at radius 3 is 2.58 bits per heavy atom. The molecule has 2 heterocycles. The van der Waals surface area contributed by atoms with Gasteiger partial charge in [-0.2, -0.15) is 0 Å². The molecule has 19 heavy (non-hydrogen) atoms. The number of aliphatic carboxylic acids is 1. The lowest BCUT2D eigenvalue weighted by Crippen LogP contribution is -2.47. The molecule has 3 atom stereocenters. The monoisotopic (exact) mass is 288 g/mol. The zero-order chi connectivity index (χ0) is 14.2. The SMILES string of the molecule is CC1C(C(=O)O)CCN1C(=O)NC1C=CS(=O)(=O)C1. The standard InChI is InChI=1S/C11H16N2O5S/c1-7-9(10(14)15)2-4-13(7)11(16)12-8-3-5-19(17,18)6-8/h3,5,7-9H,2,4,6H2,1H3,(H,12,16)(H,14,15). The Bertz CT molecular complexity index is 527. The van der Waals surface area contributed by atoms with Gasteiger partial charge < -0.3 is 15.3 Å². The molecule has 2 amide bonds. The van der Waals surface area contributed by atoms with Crippen LogP contribution in [0, 0.1) is 5.92 Å². The minimum absolute atomic E-state index is 0.136. The highest BCUT2D eigenvalue weighted by molar-refractivity contribution is 7.94. The number of amides is 2. The number of carbonyl (C=O) groups is 2. The first-order chi connectivity index (χ1) is 8.80. The van der Waals surface area contributed by atoms with Crippen molar-refractivity contribution < 1.29 is 23.1 Å². The summed E-state index contributed by atoms with van der Waals surface area (Å²) in [4.78, 5) is 24.4. The first-order valence-corrected chi connectivity index (χ1v) is 7.72. The topological polar surface area (TPSA) is 104 Å². The zero-order valence-electron chi connectivity index (χ0n) is 10.4. The van der Waals surface area contributed by atoms with Gasteiger partial charge in [0.25, 0.3) is 0 Å². The first-order valence-electron chi connectivity index (χ1n) is 6.01. The predicted octanol–water partition coefficient (Wildman–Crippen LogP) is -0.198. The van der Waals surface area contributed by atoms with Gasteiger partial charge in [-0.1, -0.05) is 0 Å². The minimum atomic E-state index is -3.21. The van der Waals surface area contributed by atoms with Gasteiger partial charge in [-0.25, -0.2) is 13.2 Å². The average Bonchev–Trinajstić information content (AvgIpc) is 2.81. The van der Waals surface area contributed by atoms with Crippen molar-refractivity contribution in [1.29, 1.82) is 0 Å². The second-order valence-corrected chi connectivity index (χ2v) is 6.81. The van der Waals surface area contributed by atoms with Crippen LogP contribution in [0.15, 0.2) is 11.5 Å². The van der Waals surface area contributed by atoms with E-state index in [4.69, 9.17) is 5.11 Å². The van der Waals surface area contributed by atoms with Gasteiger partial charge in [0, 0.05) is 18.0 Å². The fourth-order valence-corrected chi connectivity index (χ4v) is 3.70. The molecule has 0 bridgehead atoms. The van der Waals surface area contributed by atoms with Crippen molar-refractivity contribution in [3.8, 4) is 0 Å². The van der Waals surface area contributed by atoms with Gasteiger partial charge in [0.2, 0.25) is 0 Å². The maximum atomic E-state index is 12.0. The molecule has 0 radical (unpaired) electrons. The van der Waals surface area contributed by atoms with E-state index in [1.54, 1.807) is 6.92 Å². The van der Waals surface area contributed by atoms with Gasteiger partial charge in [-0.15, -0.1) is 0 Å². The van der Waals surface area contributed by atoms with Crippen molar-refractivity contribution in [3.05, 3.63) is 11.5 Å². The lowest BCUT2D eigenvalue weighted by Gasteiger charge is -2.24. The van der Waals surface area contributed by atoms with Gasteiger partial charge in [-0.05, 0) is 19.4 Å². The molecule has 0 aliphatic carbocycles. The van der Waals surface area contributed by atoms with Crippen LogP contribution in [-0.4, -0.2) is 54.8 Å². The fourth-order valence-electron chi connectivity index (χ4n) is 2.46. The van der Waals surface area contributed by atoms with E-state index in [0.717, 1.165) is 5.41 Å². The van der Waals surface area contributed by atoms with Crippen molar-refractivity contribution in [3.63, 3.8) is 0 Å². The van der Waals surface area contributed by atoms with Gasteiger partial charge >= 0.3 is 12.0 Å². The molecule has 2 aliphatic heterocycles. The summed E-state index contributed by atoms with van der Waals surface area (Å²) in [5, 5.41) is 12.7. The molecule has 2 aliphatic rings. The summed E-state index contributed by atoms with van der Waals surface area (Å²) in [7, 11) is -3.21. The molecule has 1 saturated heterocycles. The molecular weight excluding hydrogens is 272 g/mol. The Morgan fingerprint density at radius 1 is 1.42 bits per heavy atom. The second kappa shape index (κ2) is 4.84. The predicted molar refractivity (Wildman–Crippen MR) is 67.2 cm³/mol. The van der Waals surface area contributed by atoms with Gasteiger partial charge in [0.05, 0.1) is 17.7 Å². The molecule has 0 saturated carbocycles. The molecule has 106 valence electrons. The highest BCUT2D eigenvalue weighted by Gasteiger charge is 2.38. The molecular formula is C11H16N2O5S. The third-order valence-electron chi connectivity index (χ3n) is 3.57. The van der Waals surface area contributed by atoms with Gasteiger partial charge in [0.15, 0.2) is 9.84 Å². The second-order valence-electron chi connectivity index (χ2n) is 4.88. The molecule has 0 spiro atoms. The molecule has 0 aromatic carbocycles. The summed E-state index contributed by atoms with van der Waals surface area (Å²) in [6, 6.07) is -1.34. The first kappa shape index (κ1) is 13.9. The number of carboxylic acid groups (broad SMARTS) is 1. The van der Waals surface area contributed by atoms with Crippen LogP contribution >= 0.6 is 0 Å². The highest BCUT2D eigenvalue weighted by Crippen LogP contribution is 2.24. The van der Waals surface area contributed by atoms with E-state index in [2.05, 4.69) is 5.32 Å². The van der Waals surface area contributed by atoms with Crippen LogP contribution in [0.2, 0.25) is 0 Å². The summed E-state index contributed by atoms with van der Waals surface area (Å²) in [5.74, 6) is -1.61. The number of carboxylic acids is 1. The Hall–Kier alpha value is -1.57. The number of nitrogens with one attached hydrogen (secondary N) is 1. The lowest BCUT2D eigenvalue weighted by molar-refractivity contribution is -0.142. The molecule has 0 aromatic rings. The van der Waals surface area contributed by atoms with Crippen molar-refractivity contribution in [1.82, 2.24) is 10.2 Å². The Kier molecular flexibility index (Phi) is 3.53. The Balaban J connectivity index is 1.95. The zero-order valence-corrected chi connectivity index (χ0v) is 11.3. The van der Waals surface area contributed by atoms with E-state index in [1.165, 1.54) is 11.0 Å². The number of rotatable bonds is 2. The van der Waals surface area contributed by atoms with Crippen molar-refractivity contribution in [2.75, 3.05) is 12.3 Å². The largest absolute Gasteiger partial charge is 0.481 e. The molecule has 2 rings (SSSR count). The third kappa shape index (κ3) is 2.89. The molecule has 7 nitrogen and oxygen atoms in total. The lowest BCUT2D eigenvalue weighted by atomic mass is 10.0. The van der Waals surface area contributed by atoms with Gasteiger partial charge in [-0.3, -0.25) is 4.79 Å². The number of hydrogen-bond donors (Lipinski definition) is 2. The molecule has 2 N–H and O–H groups in total. The summed E-state index contributed by atoms with van der Waals surface area (Å²) >= 11 is 0. The minimum Gasteiger partial charge on any atom is -0.481 e.